The van der Waals surface area contributed by atoms with Crippen molar-refractivity contribution in [3.8, 4) is 11.3 Å². The molecular weight excluding hydrogens is 505 g/mol. The molecule has 0 fully saturated rings. The molecule has 0 radical (unpaired) electrons. The number of rotatable bonds is 4. The van der Waals surface area contributed by atoms with Crippen LogP contribution in [0.3, 0.4) is 0 Å². The number of benzene rings is 2. The van der Waals surface area contributed by atoms with Crippen LogP contribution in [-0.4, -0.2) is 22.0 Å². The van der Waals surface area contributed by atoms with Crippen molar-refractivity contribution in [2.24, 2.45) is 0 Å². The minimum Gasteiger partial charge on any atom is -0.452 e. The Bertz CT molecular complexity index is 1350. The van der Waals surface area contributed by atoms with Gasteiger partial charge in [-0.2, -0.15) is 13.2 Å². The molecule has 1 amide bonds. The van der Waals surface area contributed by atoms with E-state index in [2.05, 4.69) is 26.2 Å². The first-order valence-electron chi connectivity index (χ1n) is 9.81. The van der Waals surface area contributed by atoms with Gasteiger partial charge in [0.15, 0.2) is 5.76 Å². The molecule has 172 valence electrons. The fourth-order valence-corrected chi connectivity index (χ4v) is 3.93. The summed E-state index contributed by atoms with van der Waals surface area (Å²) in [7, 11) is 0. The number of hydrogen-bond donors (Lipinski definition) is 2. The van der Waals surface area contributed by atoms with Crippen molar-refractivity contribution in [1.82, 2.24) is 4.98 Å². The predicted molar refractivity (Wildman–Crippen MR) is 121 cm³/mol. The fourth-order valence-electron chi connectivity index (χ4n) is 3.56. The first-order chi connectivity index (χ1) is 15.5. The quantitative estimate of drug-likeness (QED) is 0.440. The SMILES string of the molecule is CC1(C)OC(CBr)=C(C(=O)Nc2ccc3cc(-c4ccccc4C(F)(F)F)[nH]c(=O)c3c2)O1. The summed E-state index contributed by atoms with van der Waals surface area (Å²) >= 11 is 3.25. The van der Waals surface area contributed by atoms with E-state index in [1.54, 1.807) is 26.0 Å². The molecule has 1 aromatic heterocycles. The third kappa shape index (κ3) is 4.61. The van der Waals surface area contributed by atoms with Crippen LogP contribution < -0.4 is 10.9 Å². The molecule has 1 aliphatic heterocycles. The zero-order valence-electron chi connectivity index (χ0n) is 17.5. The summed E-state index contributed by atoms with van der Waals surface area (Å²) in [5.41, 5.74) is -1.20. The lowest BCUT2D eigenvalue weighted by Gasteiger charge is -2.18. The van der Waals surface area contributed by atoms with Crippen LogP contribution in [0.2, 0.25) is 0 Å². The Morgan fingerprint density at radius 2 is 1.85 bits per heavy atom. The van der Waals surface area contributed by atoms with Gasteiger partial charge in [0.25, 0.3) is 11.5 Å². The number of fused-ring (bicyclic) bond motifs is 1. The van der Waals surface area contributed by atoms with E-state index in [9.17, 15) is 22.8 Å². The van der Waals surface area contributed by atoms with Gasteiger partial charge in [-0.1, -0.05) is 40.2 Å². The summed E-state index contributed by atoms with van der Waals surface area (Å²) in [5.74, 6) is -1.19. The van der Waals surface area contributed by atoms with E-state index in [0.717, 1.165) is 6.07 Å². The highest BCUT2D eigenvalue weighted by molar-refractivity contribution is 9.09. The summed E-state index contributed by atoms with van der Waals surface area (Å²) < 4.78 is 51.3. The average molecular weight is 523 g/mol. The molecule has 1 aliphatic rings. The number of anilines is 1. The van der Waals surface area contributed by atoms with Gasteiger partial charge in [-0.15, -0.1) is 0 Å². The number of carbonyl (C=O) groups is 1. The minimum absolute atomic E-state index is 0.0185. The molecule has 33 heavy (non-hydrogen) atoms. The van der Waals surface area contributed by atoms with Gasteiger partial charge in [0.2, 0.25) is 11.5 Å². The Morgan fingerprint density at radius 3 is 2.55 bits per heavy atom. The van der Waals surface area contributed by atoms with Crippen LogP contribution in [0.4, 0.5) is 18.9 Å². The topological polar surface area (TPSA) is 80.4 Å². The number of carbonyl (C=O) groups excluding carboxylic acids is 1. The summed E-state index contributed by atoms with van der Waals surface area (Å²) in [5, 5.41) is 3.56. The van der Waals surface area contributed by atoms with Crippen molar-refractivity contribution in [2.45, 2.75) is 25.8 Å². The van der Waals surface area contributed by atoms with Gasteiger partial charge in [-0.25, -0.2) is 0 Å². The number of aromatic amines is 1. The average Bonchev–Trinajstić information content (AvgIpc) is 3.08. The maximum atomic E-state index is 13.4. The Kier molecular flexibility index (Phi) is 5.73. The molecule has 0 saturated heterocycles. The number of alkyl halides is 4. The minimum atomic E-state index is -4.57. The highest BCUT2D eigenvalue weighted by Gasteiger charge is 2.37. The second-order valence-electron chi connectivity index (χ2n) is 7.80. The molecule has 0 saturated carbocycles. The lowest BCUT2D eigenvalue weighted by atomic mass is 10.0. The third-order valence-electron chi connectivity index (χ3n) is 4.92. The number of H-pyrrole nitrogens is 1. The summed E-state index contributed by atoms with van der Waals surface area (Å²) in [4.78, 5) is 27.9. The monoisotopic (exact) mass is 522 g/mol. The molecule has 0 aliphatic carbocycles. The molecule has 0 unspecified atom stereocenters. The van der Waals surface area contributed by atoms with E-state index >= 15 is 0 Å². The van der Waals surface area contributed by atoms with E-state index < -0.39 is 29.0 Å². The van der Waals surface area contributed by atoms with Crippen LogP contribution in [0, 0.1) is 0 Å². The molecule has 2 heterocycles. The summed E-state index contributed by atoms with van der Waals surface area (Å²) in [6.45, 7) is 3.33. The highest BCUT2D eigenvalue weighted by Crippen LogP contribution is 2.37. The summed E-state index contributed by atoms with van der Waals surface area (Å²) in [6.07, 6.45) is -4.57. The molecule has 2 N–H and O–H groups in total. The van der Waals surface area contributed by atoms with Crippen molar-refractivity contribution in [2.75, 3.05) is 10.6 Å². The normalized spacial score (nSPS) is 15.3. The van der Waals surface area contributed by atoms with Crippen LogP contribution in [0.1, 0.15) is 19.4 Å². The smallest absolute Gasteiger partial charge is 0.417 e. The zero-order valence-corrected chi connectivity index (χ0v) is 19.1. The predicted octanol–water partition coefficient (Wildman–Crippen LogP) is 5.54. The first-order valence-corrected chi connectivity index (χ1v) is 10.9. The zero-order chi connectivity index (χ0) is 24.0. The van der Waals surface area contributed by atoms with Crippen molar-refractivity contribution in [3.63, 3.8) is 0 Å². The van der Waals surface area contributed by atoms with Crippen LogP contribution in [-0.2, 0) is 20.4 Å². The molecule has 2 aromatic carbocycles. The first kappa shape index (κ1) is 22.9. The van der Waals surface area contributed by atoms with Crippen molar-refractivity contribution in [1.29, 1.82) is 0 Å². The van der Waals surface area contributed by atoms with Crippen LogP contribution in [0.15, 0.2) is 64.8 Å². The largest absolute Gasteiger partial charge is 0.452 e. The van der Waals surface area contributed by atoms with Gasteiger partial charge in [0.05, 0.1) is 10.9 Å². The molecule has 0 spiro atoms. The van der Waals surface area contributed by atoms with E-state index in [-0.39, 0.29) is 27.7 Å². The molecule has 4 rings (SSSR count). The maximum Gasteiger partial charge on any atom is 0.417 e. The summed E-state index contributed by atoms with van der Waals surface area (Å²) in [6, 6.07) is 11.0. The number of halogens is 4. The number of nitrogens with one attached hydrogen (secondary N) is 2. The van der Waals surface area contributed by atoms with E-state index in [1.807, 2.05) is 0 Å². The Labute approximate surface area is 194 Å². The Balaban J connectivity index is 1.68. The van der Waals surface area contributed by atoms with Gasteiger partial charge in [-0.05, 0) is 29.7 Å². The van der Waals surface area contributed by atoms with Gasteiger partial charge in [0.1, 0.15) is 0 Å². The van der Waals surface area contributed by atoms with E-state index in [0.29, 0.717) is 16.8 Å². The van der Waals surface area contributed by atoms with Crippen molar-refractivity contribution >= 4 is 38.3 Å². The number of allylic oxidation sites excluding steroid dienone is 1. The molecule has 10 heteroatoms. The molecule has 0 bridgehead atoms. The van der Waals surface area contributed by atoms with Gasteiger partial charge >= 0.3 is 6.18 Å². The number of ether oxygens (including phenoxy) is 2. The third-order valence-corrected chi connectivity index (χ3v) is 5.43. The molecule has 0 atom stereocenters. The molecule has 6 nitrogen and oxygen atoms in total. The lowest BCUT2D eigenvalue weighted by molar-refractivity contribution is -0.137. The van der Waals surface area contributed by atoms with Gasteiger partial charge in [-0.3, -0.25) is 9.59 Å². The lowest BCUT2D eigenvalue weighted by Crippen LogP contribution is -2.23. The Morgan fingerprint density at radius 1 is 1.12 bits per heavy atom. The number of aromatic nitrogens is 1. The fraction of sp³-hybridized carbons (Fsp3) is 0.217. The number of pyridine rings is 1. The maximum absolute atomic E-state index is 13.4. The van der Waals surface area contributed by atoms with Gasteiger partial charge < -0.3 is 19.8 Å². The molecule has 3 aromatic rings. The molecular formula is C23H18BrF3N2O4. The van der Waals surface area contributed by atoms with Gasteiger partial charge in [0, 0.05) is 36.2 Å². The van der Waals surface area contributed by atoms with Crippen LogP contribution in [0.25, 0.3) is 22.0 Å². The van der Waals surface area contributed by atoms with Crippen molar-refractivity contribution < 1.29 is 27.4 Å². The number of amides is 1. The van der Waals surface area contributed by atoms with Crippen LogP contribution in [0.5, 0.6) is 0 Å². The van der Waals surface area contributed by atoms with Crippen LogP contribution >= 0.6 is 15.9 Å². The second kappa shape index (κ2) is 8.26. The Hall–Kier alpha value is -3.27. The van der Waals surface area contributed by atoms with E-state index in [1.165, 1.54) is 30.3 Å². The number of hydrogen-bond acceptors (Lipinski definition) is 4. The standard InChI is InChI=1S/C23H18BrF3N2O4/c1-22(2)32-18(11-24)19(33-22)21(31)28-13-8-7-12-9-17(29-20(30)15(12)10-13)14-5-3-4-6-16(14)23(25,26)27/h3-10H,11H2,1-2H3,(H,28,31)(H,29,30). The second-order valence-corrected chi connectivity index (χ2v) is 8.36. The van der Waals surface area contributed by atoms with Crippen molar-refractivity contribution in [3.05, 3.63) is 76.0 Å². The highest BCUT2D eigenvalue weighted by atomic mass is 79.9. The van der Waals surface area contributed by atoms with E-state index in [4.69, 9.17) is 9.47 Å².